The summed E-state index contributed by atoms with van der Waals surface area (Å²) in [6.45, 7) is 1.76. The van der Waals surface area contributed by atoms with E-state index >= 15 is 0 Å². The van der Waals surface area contributed by atoms with Gasteiger partial charge in [-0.1, -0.05) is 12.1 Å². The van der Waals surface area contributed by atoms with Crippen molar-refractivity contribution in [3.63, 3.8) is 0 Å². The number of hydrogen-bond acceptors (Lipinski definition) is 5. The minimum atomic E-state index is -1.19. The SMILES string of the molecule is CCc1c(C(=O)O)nnn1-c1cc([N+](=O)[O-])ccc1Br. The van der Waals surface area contributed by atoms with Crippen molar-refractivity contribution in [1.29, 1.82) is 0 Å². The summed E-state index contributed by atoms with van der Waals surface area (Å²) in [5.74, 6) is -1.19. The van der Waals surface area contributed by atoms with Crippen molar-refractivity contribution in [3.8, 4) is 5.69 Å². The summed E-state index contributed by atoms with van der Waals surface area (Å²) >= 11 is 3.27. The molecule has 0 saturated heterocycles. The van der Waals surface area contributed by atoms with Crippen LogP contribution in [0.1, 0.15) is 23.1 Å². The number of aromatic carboxylic acids is 1. The molecular weight excluding hydrogens is 332 g/mol. The lowest BCUT2D eigenvalue weighted by Crippen LogP contribution is -2.06. The number of carbonyl (C=O) groups is 1. The first-order valence-corrected chi connectivity index (χ1v) is 6.37. The molecule has 1 aromatic heterocycles. The van der Waals surface area contributed by atoms with Gasteiger partial charge in [-0.3, -0.25) is 10.1 Å². The Bertz CT molecular complexity index is 698. The number of nitro benzene ring substituents is 1. The molecule has 0 amide bonds. The van der Waals surface area contributed by atoms with E-state index in [0.29, 0.717) is 22.3 Å². The molecule has 2 rings (SSSR count). The Hall–Kier alpha value is -2.29. The Balaban J connectivity index is 2.65. The van der Waals surface area contributed by atoms with Gasteiger partial charge < -0.3 is 5.11 Å². The molecule has 0 aliphatic carbocycles. The highest BCUT2D eigenvalue weighted by molar-refractivity contribution is 9.10. The fraction of sp³-hybridized carbons (Fsp3) is 0.182. The Kier molecular flexibility index (Phi) is 3.79. The van der Waals surface area contributed by atoms with Crippen molar-refractivity contribution in [1.82, 2.24) is 15.0 Å². The minimum Gasteiger partial charge on any atom is -0.476 e. The molecule has 0 atom stereocenters. The number of aromatic nitrogens is 3. The molecule has 8 nitrogen and oxygen atoms in total. The number of benzene rings is 1. The van der Waals surface area contributed by atoms with Crippen molar-refractivity contribution in [2.45, 2.75) is 13.3 Å². The van der Waals surface area contributed by atoms with Crippen LogP contribution in [0.3, 0.4) is 0 Å². The van der Waals surface area contributed by atoms with Crippen LogP contribution in [-0.4, -0.2) is 31.0 Å². The van der Waals surface area contributed by atoms with Crippen molar-refractivity contribution < 1.29 is 14.8 Å². The minimum absolute atomic E-state index is 0.113. The first kappa shape index (κ1) is 14.1. The van der Waals surface area contributed by atoms with Gasteiger partial charge >= 0.3 is 5.97 Å². The summed E-state index contributed by atoms with van der Waals surface area (Å²) in [6.07, 6.45) is 0.379. The van der Waals surface area contributed by atoms with E-state index in [-0.39, 0.29) is 11.4 Å². The van der Waals surface area contributed by atoms with Gasteiger partial charge in [0.15, 0.2) is 5.69 Å². The summed E-state index contributed by atoms with van der Waals surface area (Å²) in [5.41, 5.74) is 0.471. The van der Waals surface area contributed by atoms with Gasteiger partial charge in [-0.25, -0.2) is 9.48 Å². The molecule has 1 heterocycles. The molecule has 9 heteroatoms. The number of carboxylic acids is 1. The highest BCUT2D eigenvalue weighted by Crippen LogP contribution is 2.27. The zero-order valence-corrected chi connectivity index (χ0v) is 11.9. The summed E-state index contributed by atoms with van der Waals surface area (Å²) < 4.78 is 1.85. The number of nitro groups is 1. The van der Waals surface area contributed by atoms with E-state index in [4.69, 9.17) is 5.11 Å². The lowest BCUT2D eigenvalue weighted by atomic mass is 10.2. The lowest BCUT2D eigenvalue weighted by molar-refractivity contribution is -0.384. The quantitative estimate of drug-likeness (QED) is 0.674. The molecule has 1 aromatic carbocycles. The molecule has 20 heavy (non-hydrogen) atoms. The Labute approximate surface area is 121 Å². The van der Waals surface area contributed by atoms with E-state index in [1.165, 1.54) is 22.9 Å². The molecule has 104 valence electrons. The summed E-state index contributed by atoms with van der Waals surface area (Å²) in [6, 6.07) is 4.16. The monoisotopic (exact) mass is 340 g/mol. The fourth-order valence-corrected chi connectivity index (χ4v) is 2.17. The van der Waals surface area contributed by atoms with Crippen LogP contribution in [0.5, 0.6) is 0 Å². The van der Waals surface area contributed by atoms with Crippen molar-refractivity contribution in [2.24, 2.45) is 0 Å². The molecule has 0 aliphatic heterocycles. The Morgan fingerprint density at radius 1 is 1.55 bits per heavy atom. The third kappa shape index (κ3) is 2.39. The van der Waals surface area contributed by atoms with E-state index in [1.54, 1.807) is 6.92 Å². The maximum Gasteiger partial charge on any atom is 0.358 e. The number of nitrogens with zero attached hydrogens (tertiary/aromatic N) is 4. The predicted molar refractivity (Wildman–Crippen MR) is 72.1 cm³/mol. The number of carboxylic acid groups (broad SMARTS) is 1. The zero-order valence-electron chi connectivity index (χ0n) is 10.3. The predicted octanol–water partition coefficient (Wildman–Crippen LogP) is 2.20. The Morgan fingerprint density at radius 2 is 2.25 bits per heavy atom. The first-order valence-electron chi connectivity index (χ1n) is 5.57. The smallest absolute Gasteiger partial charge is 0.358 e. The second-order valence-electron chi connectivity index (χ2n) is 3.85. The molecule has 2 aromatic rings. The molecule has 0 bridgehead atoms. The van der Waals surface area contributed by atoms with Crippen LogP contribution in [0.2, 0.25) is 0 Å². The first-order chi connectivity index (χ1) is 9.45. The molecule has 0 unspecified atom stereocenters. The molecule has 0 fully saturated rings. The van der Waals surface area contributed by atoms with Crippen LogP contribution in [-0.2, 0) is 6.42 Å². The third-order valence-electron chi connectivity index (χ3n) is 2.67. The van der Waals surface area contributed by atoms with Crippen molar-refractivity contribution in [2.75, 3.05) is 0 Å². The summed E-state index contributed by atoms with van der Waals surface area (Å²) in [7, 11) is 0. The number of rotatable bonds is 4. The van der Waals surface area contributed by atoms with Crippen molar-refractivity contribution >= 4 is 27.6 Å². The van der Waals surface area contributed by atoms with E-state index in [2.05, 4.69) is 26.2 Å². The molecule has 0 spiro atoms. The van der Waals surface area contributed by atoms with Crippen LogP contribution < -0.4 is 0 Å². The van der Waals surface area contributed by atoms with Crippen LogP contribution in [0.25, 0.3) is 5.69 Å². The van der Waals surface area contributed by atoms with Gasteiger partial charge in [0.05, 0.1) is 16.3 Å². The van der Waals surface area contributed by atoms with Crippen molar-refractivity contribution in [3.05, 3.63) is 44.2 Å². The van der Waals surface area contributed by atoms with Crippen LogP contribution >= 0.6 is 15.9 Å². The van der Waals surface area contributed by atoms with Gasteiger partial charge in [-0.05, 0) is 28.4 Å². The van der Waals surface area contributed by atoms with Gasteiger partial charge in [0, 0.05) is 16.6 Å². The molecule has 0 radical (unpaired) electrons. The van der Waals surface area contributed by atoms with Crippen LogP contribution in [0.4, 0.5) is 5.69 Å². The van der Waals surface area contributed by atoms with E-state index in [0.717, 1.165) is 0 Å². The molecular formula is C11H9BrN4O4. The van der Waals surface area contributed by atoms with E-state index < -0.39 is 10.9 Å². The van der Waals surface area contributed by atoms with Gasteiger partial charge in [-0.2, -0.15) is 0 Å². The lowest BCUT2D eigenvalue weighted by Gasteiger charge is -2.07. The number of non-ortho nitro benzene ring substituents is 1. The van der Waals surface area contributed by atoms with E-state index in [1.807, 2.05) is 0 Å². The van der Waals surface area contributed by atoms with Gasteiger partial charge in [0.2, 0.25) is 0 Å². The second-order valence-corrected chi connectivity index (χ2v) is 4.70. The molecule has 0 saturated carbocycles. The Morgan fingerprint density at radius 3 is 2.80 bits per heavy atom. The van der Waals surface area contributed by atoms with E-state index in [9.17, 15) is 14.9 Å². The topological polar surface area (TPSA) is 111 Å². The summed E-state index contributed by atoms with van der Waals surface area (Å²) in [4.78, 5) is 21.3. The number of halogens is 1. The van der Waals surface area contributed by atoms with Gasteiger partial charge in [0.25, 0.3) is 5.69 Å². The zero-order chi connectivity index (χ0) is 14.9. The third-order valence-corrected chi connectivity index (χ3v) is 3.34. The average molecular weight is 341 g/mol. The maximum atomic E-state index is 11.0. The number of hydrogen-bond donors (Lipinski definition) is 1. The fourth-order valence-electron chi connectivity index (χ4n) is 1.76. The van der Waals surface area contributed by atoms with Crippen LogP contribution in [0.15, 0.2) is 22.7 Å². The highest BCUT2D eigenvalue weighted by Gasteiger charge is 2.21. The van der Waals surface area contributed by atoms with Gasteiger partial charge in [0.1, 0.15) is 0 Å². The standard InChI is InChI=1S/C11H9BrN4O4/c1-2-8-10(11(17)18)13-14-15(8)9-5-6(16(19)20)3-4-7(9)12/h3-5H,2H2,1H3,(H,17,18). The normalized spacial score (nSPS) is 10.5. The highest BCUT2D eigenvalue weighted by atomic mass is 79.9. The van der Waals surface area contributed by atoms with Crippen LogP contribution in [0, 0.1) is 10.1 Å². The van der Waals surface area contributed by atoms with Gasteiger partial charge in [-0.15, -0.1) is 5.10 Å². The summed E-state index contributed by atoms with van der Waals surface area (Å²) in [5, 5.41) is 27.2. The maximum absolute atomic E-state index is 11.0. The molecule has 1 N–H and O–H groups in total. The second kappa shape index (κ2) is 5.37. The molecule has 0 aliphatic rings. The average Bonchev–Trinajstić information content (AvgIpc) is 2.82. The largest absolute Gasteiger partial charge is 0.476 e.